The van der Waals surface area contributed by atoms with Gasteiger partial charge in [0.25, 0.3) is 0 Å². The summed E-state index contributed by atoms with van der Waals surface area (Å²) in [7, 11) is 0. The first kappa shape index (κ1) is 13.6. The van der Waals surface area contributed by atoms with Crippen molar-refractivity contribution in [1.29, 1.82) is 0 Å². The van der Waals surface area contributed by atoms with E-state index in [1.54, 1.807) is 12.4 Å². The summed E-state index contributed by atoms with van der Waals surface area (Å²) in [5, 5.41) is 4.33. The van der Waals surface area contributed by atoms with E-state index in [-0.39, 0.29) is 6.04 Å². The Bertz CT molecular complexity index is 735. The molecule has 0 saturated heterocycles. The number of anilines is 2. The number of rotatable bonds is 4. The van der Waals surface area contributed by atoms with E-state index >= 15 is 0 Å². The summed E-state index contributed by atoms with van der Waals surface area (Å²) in [4.78, 5) is 4.14. The Kier molecular flexibility index (Phi) is 3.62. The topological polar surface area (TPSA) is 77.0 Å². The van der Waals surface area contributed by atoms with Crippen LogP contribution in [-0.4, -0.2) is 9.36 Å². The molecule has 1 atom stereocenters. The minimum atomic E-state index is 0.0361. The minimum Gasteiger partial charge on any atom is -0.464 e. The molecule has 3 aromatic rings. The summed E-state index contributed by atoms with van der Waals surface area (Å²) < 4.78 is 9.89. The van der Waals surface area contributed by atoms with Gasteiger partial charge in [-0.25, -0.2) is 0 Å². The van der Waals surface area contributed by atoms with Crippen LogP contribution in [-0.2, 0) is 0 Å². The van der Waals surface area contributed by atoms with Crippen molar-refractivity contribution < 1.29 is 4.42 Å². The number of furan rings is 1. The van der Waals surface area contributed by atoms with Crippen LogP contribution in [0, 0.1) is 6.92 Å². The normalized spacial score (nSPS) is 12.3. The maximum absolute atomic E-state index is 6.00. The summed E-state index contributed by atoms with van der Waals surface area (Å²) in [6.07, 6.45) is 3.52. The van der Waals surface area contributed by atoms with Crippen molar-refractivity contribution in [2.24, 2.45) is 0 Å². The molecule has 1 unspecified atom stereocenters. The highest BCUT2D eigenvalue weighted by atomic mass is 32.1. The van der Waals surface area contributed by atoms with Crippen molar-refractivity contribution in [2.75, 3.05) is 11.1 Å². The molecule has 108 valence electrons. The van der Waals surface area contributed by atoms with E-state index in [0.717, 1.165) is 27.6 Å². The molecule has 0 fully saturated rings. The van der Waals surface area contributed by atoms with E-state index < -0.39 is 0 Å². The third-order valence-electron chi connectivity index (χ3n) is 3.20. The molecule has 3 heterocycles. The van der Waals surface area contributed by atoms with Crippen LogP contribution in [0.1, 0.15) is 24.5 Å². The van der Waals surface area contributed by atoms with E-state index in [1.165, 1.54) is 11.5 Å². The third-order valence-corrected chi connectivity index (χ3v) is 4.00. The van der Waals surface area contributed by atoms with Crippen LogP contribution in [0.5, 0.6) is 0 Å². The monoisotopic (exact) mass is 300 g/mol. The second kappa shape index (κ2) is 5.57. The lowest BCUT2D eigenvalue weighted by molar-refractivity contribution is 0.467. The third kappa shape index (κ3) is 2.75. The number of hydrogen-bond acceptors (Lipinski definition) is 6. The maximum Gasteiger partial charge on any atom is 0.147 e. The van der Waals surface area contributed by atoms with Gasteiger partial charge in [0.15, 0.2) is 0 Å². The number of nitrogens with two attached hydrogens (primary N) is 1. The minimum absolute atomic E-state index is 0.0361. The Hall–Kier alpha value is -2.34. The molecule has 5 nitrogen and oxygen atoms in total. The molecule has 21 heavy (non-hydrogen) atoms. The van der Waals surface area contributed by atoms with Crippen molar-refractivity contribution in [3.8, 4) is 11.1 Å². The maximum atomic E-state index is 6.00. The number of aryl methyl sites for hydroxylation is 1. The van der Waals surface area contributed by atoms with Crippen LogP contribution < -0.4 is 11.1 Å². The molecule has 3 N–H and O–H groups in total. The summed E-state index contributed by atoms with van der Waals surface area (Å²) in [6, 6.07) is 7.82. The molecule has 0 bridgehead atoms. The molecule has 3 aromatic heterocycles. The zero-order valence-corrected chi connectivity index (χ0v) is 12.6. The number of nitrogens with zero attached hydrogens (tertiary/aromatic N) is 2. The average molecular weight is 300 g/mol. The highest BCUT2D eigenvalue weighted by Gasteiger charge is 2.17. The summed E-state index contributed by atoms with van der Waals surface area (Å²) in [5.74, 6) is 2.30. The largest absolute Gasteiger partial charge is 0.464 e. The lowest BCUT2D eigenvalue weighted by Gasteiger charge is -2.12. The van der Waals surface area contributed by atoms with E-state index in [0.29, 0.717) is 5.82 Å². The van der Waals surface area contributed by atoms with E-state index in [2.05, 4.69) is 14.7 Å². The van der Waals surface area contributed by atoms with Gasteiger partial charge < -0.3 is 15.5 Å². The van der Waals surface area contributed by atoms with Gasteiger partial charge in [-0.3, -0.25) is 4.98 Å². The van der Waals surface area contributed by atoms with Gasteiger partial charge in [0.05, 0.1) is 11.6 Å². The lowest BCUT2D eigenvalue weighted by atomic mass is 10.1. The second-order valence-electron chi connectivity index (χ2n) is 4.83. The van der Waals surface area contributed by atoms with Crippen LogP contribution >= 0.6 is 11.5 Å². The SMILES string of the molecule is Cc1ccc(C(C)Nc2snc(N)c2-c2cccnc2)o1. The van der Waals surface area contributed by atoms with E-state index in [1.807, 2.05) is 38.1 Å². The predicted octanol–water partition coefficient (Wildman–Crippen LogP) is 3.86. The smallest absolute Gasteiger partial charge is 0.147 e. The first-order chi connectivity index (χ1) is 10.1. The average Bonchev–Trinajstić information content (AvgIpc) is 3.06. The highest BCUT2D eigenvalue weighted by Crippen LogP contribution is 2.38. The highest BCUT2D eigenvalue weighted by molar-refractivity contribution is 7.11. The molecule has 0 aliphatic carbocycles. The van der Waals surface area contributed by atoms with Gasteiger partial charge >= 0.3 is 0 Å². The van der Waals surface area contributed by atoms with Crippen molar-refractivity contribution in [3.63, 3.8) is 0 Å². The second-order valence-corrected chi connectivity index (χ2v) is 5.60. The zero-order valence-electron chi connectivity index (χ0n) is 11.8. The van der Waals surface area contributed by atoms with Gasteiger partial charge in [0.1, 0.15) is 22.3 Å². The molecule has 0 aliphatic rings. The van der Waals surface area contributed by atoms with Crippen LogP contribution in [0.3, 0.4) is 0 Å². The number of pyridine rings is 1. The van der Waals surface area contributed by atoms with Crippen molar-refractivity contribution in [3.05, 3.63) is 48.2 Å². The van der Waals surface area contributed by atoms with Crippen LogP contribution in [0.15, 0.2) is 41.1 Å². The van der Waals surface area contributed by atoms with Crippen molar-refractivity contribution >= 4 is 22.4 Å². The number of nitrogen functional groups attached to an aromatic ring is 1. The quantitative estimate of drug-likeness (QED) is 0.765. The van der Waals surface area contributed by atoms with Gasteiger partial charge in [0, 0.05) is 18.0 Å². The summed E-state index contributed by atoms with van der Waals surface area (Å²) in [5.41, 5.74) is 7.84. The van der Waals surface area contributed by atoms with E-state index in [9.17, 15) is 0 Å². The zero-order chi connectivity index (χ0) is 14.8. The predicted molar refractivity (Wildman–Crippen MR) is 85.2 cm³/mol. The fraction of sp³-hybridized carbons (Fsp3) is 0.200. The van der Waals surface area contributed by atoms with Crippen LogP contribution in [0.25, 0.3) is 11.1 Å². The lowest BCUT2D eigenvalue weighted by Crippen LogP contribution is -2.05. The van der Waals surface area contributed by atoms with Gasteiger partial charge in [-0.1, -0.05) is 6.07 Å². The first-order valence-electron chi connectivity index (χ1n) is 6.63. The number of aromatic nitrogens is 2. The summed E-state index contributed by atoms with van der Waals surface area (Å²) >= 11 is 1.35. The summed E-state index contributed by atoms with van der Waals surface area (Å²) in [6.45, 7) is 3.98. The van der Waals surface area contributed by atoms with Gasteiger partial charge in [-0.15, -0.1) is 0 Å². The molecule has 0 spiro atoms. The Balaban J connectivity index is 1.90. The van der Waals surface area contributed by atoms with Crippen molar-refractivity contribution in [2.45, 2.75) is 19.9 Å². The Morgan fingerprint density at radius 2 is 2.19 bits per heavy atom. The molecule has 0 radical (unpaired) electrons. The van der Waals surface area contributed by atoms with Crippen molar-refractivity contribution in [1.82, 2.24) is 9.36 Å². The van der Waals surface area contributed by atoms with E-state index in [4.69, 9.17) is 10.2 Å². The molecular weight excluding hydrogens is 284 g/mol. The first-order valence-corrected chi connectivity index (χ1v) is 7.41. The molecule has 0 saturated carbocycles. The van der Waals surface area contributed by atoms with Crippen LogP contribution in [0.4, 0.5) is 10.8 Å². The number of nitrogens with one attached hydrogen (secondary N) is 1. The molecule has 0 amide bonds. The van der Waals surface area contributed by atoms with Gasteiger partial charge in [-0.2, -0.15) is 4.37 Å². The Morgan fingerprint density at radius 1 is 1.33 bits per heavy atom. The molecular formula is C15H16N4OS. The Labute approximate surface area is 127 Å². The van der Waals surface area contributed by atoms with Gasteiger partial charge in [0.2, 0.25) is 0 Å². The molecule has 0 aromatic carbocycles. The molecule has 0 aliphatic heterocycles. The number of hydrogen-bond donors (Lipinski definition) is 2. The molecule has 6 heteroatoms. The molecule has 3 rings (SSSR count). The van der Waals surface area contributed by atoms with Crippen LogP contribution in [0.2, 0.25) is 0 Å². The van der Waals surface area contributed by atoms with Gasteiger partial charge in [-0.05, 0) is 43.6 Å². The fourth-order valence-corrected chi connectivity index (χ4v) is 2.97. The fourth-order valence-electron chi connectivity index (χ4n) is 2.14. The Morgan fingerprint density at radius 3 is 2.86 bits per heavy atom. The standard InChI is InChI=1S/C15H16N4OS/c1-9-5-6-12(20-9)10(2)18-15-13(14(16)19-21-15)11-4-3-7-17-8-11/h3-8,10,18H,1-2H3,(H2,16,19).